The van der Waals surface area contributed by atoms with Gasteiger partial charge in [0, 0.05) is 29.7 Å². The van der Waals surface area contributed by atoms with E-state index >= 15 is 0 Å². The lowest BCUT2D eigenvalue weighted by Crippen LogP contribution is -2.42. The summed E-state index contributed by atoms with van der Waals surface area (Å²) in [5.74, 6) is 0.637. The number of pyridine rings is 1. The van der Waals surface area contributed by atoms with Gasteiger partial charge in [0.1, 0.15) is 0 Å². The SMILES string of the molecule is CC(C)n1ncc2c(C(=O)N(C3CC3)C3CCS(=O)(=O)C3)cc(C3CC3)nc21. The molecule has 0 radical (unpaired) electrons. The molecule has 150 valence electrons. The number of carbonyl (C=O) groups excluding carboxylic acids is 1. The zero-order valence-corrected chi connectivity index (χ0v) is 17.2. The van der Waals surface area contributed by atoms with E-state index < -0.39 is 9.84 Å². The lowest BCUT2D eigenvalue weighted by Gasteiger charge is -2.28. The topological polar surface area (TPSA) is 85.2 Å². The second-order valence-electron chi connectivity index (χ2n) is 8.79. The molecule has 2 aromatic rings. The molecule has 1 amide bonds. The van der Waals surface area contributed by atoms with Crippen LogP contribution < -0.4 is 0 Å². The molecule has 2 aromatic heterocycles. The van der Waals surface area contributed by atoms with Crippen molar-refractivity contribution in [2.24, 2.45) is 0 Å². The highest BCUT2D eigenvalue weighted by atomic mass is 32.2. The van der Waals surface area contributed by atoms with Gasteiger partial charge in [0.05, 0.1) is 28.7 Å². The van der Waals surface area contributed by atoms with Crippen molar-refractivity contribution in [1.29, 1.82) is 0 Å². The maximum absolute atomic E-state index is 13.7. The fourth-order valence-corrected chi connectivity index (χ4v) is 6.01. The minimum atomic E-state index is -3.05. The Labute approximate surface area is 165 Å². The van der Waals surface area contributed by atoms with Gasteiger partial charge in [0.15, 0.2) is 15.5 Å². The van der Waals surface area contributed by atoms with Crippen molar-refractivity contribution in [1.82, 2.24) is 19.7 Å². The van der Waals surface area contributed by atoms with Crippen LogP contribution in [0.5, 0.6) is 0 Å². The molecule has 0 N–H and O–H groups in total. The number of aromatic nitrogens is 3. The second-order valence-corrected chi connectivity index (χ2v) is 11.0. The lowest BCUT2D eigenvalue weighted by atomic mass is 10.1. The Hall–Kier alpha value is -1.96. The molecule has 0 aromatic carbocycles. The van der Waals surface area contributed by atoms with Gasteiger partial charge in [-0.3, -0.25) is 4.79 Å². The first-order valence-corrected chi connectivity index (χ1v) is 12.1. The van der Waals surface area contributed by atoms with E-state index in [9.17, 15) is 13.2 Å². The van der Waals surface area contributed by atoms with Crippen LogP contribution in [0.2, 0.25) is 0 Å². The highest BCUT2D eigenvalue weighted by Crippen LogP contribution is 2.41. The number of sulfone groups is 1. The van der Waals surface area contributed by atoms with Crippen molar-refractivity contribution in [3.8, 4) is 0 Å². The molecule has 28 heavy (non-hydrogen) atoms. The number of amides is 1. The van der Waals surface area contributed by atoms with Gasteiger partial charge in [-0.25, -0.2) is 18.1 Å². The molecule has 5 rings (SSSR count). The minimum absolute atomic E-state index is 0.0535. The van der Waals surface area contributed by atoms with Crippen LogP contribution in [0, 0.1) is 0 Å². The lowest BCUT2D eigenvalue weighted by molar-refractivity contribution is 0.0682. The summed E-state index contributed by atoms with van der Waals surface area (Å²) in [6.07, 6.45) is 6.40. The van der Waals surface area contributed by atoms with Crippen LogP contribution in [0.3, 0.4) is 0 Å². The summed E-state index contributed by atoms with van der Waals surface area (Å²) >= 11 is 0. The molecule has 3 heterocycles. The summed E-state index contributed by atoms with van der Waals surface area (Å²) in [7, 11) is -3.05. The Morgan fingerprint density at radius 2 is 1.93 bits per heavy atom. The van der Waals surface area contributed by atoms with Crippen molar-refractivity contribution in [2.45, 2.75) is 70.0 Å². The molecule has 2 aliphatic carbocycles. The third-order valence-corrected chi connectivity index (χ3v) is 7.83. The number of hydrogen-bond donors (Lipinski definition) is 0. The van der Waals surface area contributed by atoms with Gasteiger partial charge in [-0.2, -0.15) is 5.10 Å². The summed E-state index contributed by atoms with van der Waals surface area (Å²) in [4.78, 5) is 20.4. The van der Waals surface area contributed by atoms with Gasteiger partial charge in [-0.15, -0.1) is 0 Å². The highest BCUT2D eigenvalue weighted by molar-refractivity contribution is 7.91. The zero-order chi connectivity index (χ0) is 19.6. The van der Waals surface area contributed by atoms with Crippen molar-refractivity contribution < 1.29 is 13.2 Å². The van der Waals surface area contributed by atoms with E-state index in [-0.39, 0.29) is 35.5 Å². The van der Waals surface area contributed by atoms with E-state index in [1.54, 1.807) is 6.20 Å². The van der Waals surface area contributed by atoms with E-state index in [1.165, 1.54) is 0 Å². The fraction of sp³-hybridized carbons (Fsp3) is 0.650. The average molecular weight is 403 g/mol. The van der Waals surface area contributed by atoms with E-state index in [2.05, 4.69) is 18.9 Å². The molecule has 1 atom stereocenters. The highest BCUT2D eigenvalue weighted by Gasteiger charge is 2.43. The van der Waals surface area contributed by atoms with Gasteiger partial charge in [-0.1, -0.05) is 0 Å². The van der Waals surface area contributed by atoms with Crippen LogP contribution in [0.15, 0.2) is 12.3 Å². The molecular weight excluding hydrogens is 376 g/mol. The van der Waals surface area contributed by atoms with Gasteiger partial charge < -0.3 is 4.90 Å². The summed E-state index contributed by atoms with van der Waals surface area (Å²) in [6, 6.07) is 2.05. The molecule has 3 aliphatic rings. The van der Waals surface area contributed by atoms with Gasteiger partial charge >= 0.3 is 0 Å². The summed E-state index contributed by atoms with van der Waals surface area (Å²) in [6.45, 7) is 4.11. The van der Waals surface area contributed by atoms with Gasteiger partial charge in [-0.05, 0) is 52.0 Å². The number of hydrogen-bond acceptors (Lipinski definition) is 5. The van der Waals surface area contributed by atoms with Gasteiger partial charge in [0.25, 0.3) is 5.91 Å². The third kappa shape index (κ3) is 3.11. The molecular formula is C20H26N4O3S. The number of rotatable bonds is 5. The molecule has 0 bridgehead atoms. The Balaban J connectivity index is 1.60. The van der Waals surface area contributed by atoms with Crippen LogP contribution in [0.4, 0.5) is 0 Å². The smallest absolute Gasteiger partial charge is 0.255 e. The maximum atomic E-state index is 13.7. The van der Waals surface area contributed by atoms with Crippen LogP contribution in [-0.2, 0) is 9.84 Å². The van der Waals surface area contributed by atoms with Crippen molar-refractivity contribution in [3.05, 3.63) is 23.5 Å². The molecule has 1 unspecified atom stereocenters. The van der Waals surface area contributed by atoms with Crippen LogP contribution in [0.25, 0.3) is 11.0 Å². The fourth-order valence-electron chi connectivity index (χ4n) is 4.30. The molecule has 7 nitrogen and oxygen atoms in total. The monoisotopic (exact) mass is 402 g/mol. The zero-order valence-electron chi connectivity index (χ0n) is 16.3. The molecule has 1 saturated heterocycles. The molecule has 8 heteroatoms. The van der Waals surface area contributed by atoms with E-state index in [0.29, 0.717) is 17.9 Å². The number of nitrogens with zero attached hydrogens (tertiary/aromatic N) is 4. The summed E-state index contributed by atoms with van der Waals surface area (Å²) in [5, 5.41) is 5.26. The van der Waals surface area contributed by atoms with Crippen LogP contribution >= 0.6 is 0 Å². The molecule has 0 spiro atoms. The Bertz CT molecular complexity index is 1050. The Morgan fingerprint density at radius 3 is 2.50 bits per heavy atom. The predicted octanol–water partition coefficient (Wildman–Crippen LogP) is 2.68. The first kappa shape index (κ1) is 18.1. The predicted molar refractivity (Wildman–Crippen MR) is 106 cm³/mol. The number of fused-ring (bicyclic) bond motifs is 1. The largest absolute Gasteiger partial charge is 0.332 e. The number of carbonyl (C=O) groups is 1. The maximum Gasteiger partial charge on any atom is 0.255 e. The minimum Gasteiger partial charge on any atom is -0.332 e. The van der Waals surface area contributed by atoms with E-state index in [1.807, 2.05) is 15.6 Å². The summed E-state index contributed by atoms with van der Waals surface area (Å²) < 4.78 is 25.9. The van der Waals surface area contributed by atoms with Gasteiger partial charge in [0.2, 0.25) is 0 Å². The van der Waals surface area contributed by atoms with Crippen LogP contribution in [-0.4, -0.2) is 57.6 Å². The second kappa shape index (κ2) is 6.27. The molecule has 3 fully saturated rings. The van der Waals surface area contributed by atoms with Crippen molar-refractivity contribution >= 4 is 26.8 Å². The van der Waals surface area contributed by atoms with Crippen molar-refractivity contribution in [2.75, 3.05) is 11.5 Å². The Kier molecular flexibility index (Phi) is 4.05. The van der Waals surface area contributed by atoms with E-state index in [0.717, 1.165) is 42.4 Å². The third-order valence-electron chi connectivity index (χ3n) is 6.08. The molecule has 1 aliphatic heterocycles. The quantitative estimate of drug-likeness (QED) is 0.768. The normalized spacial score (nSPS) is 24.2. The standard InChI is InChI=1S/C20H26N4O3S/c1-12(2)24-19-17(10-21-24)16(9-18(22-19)13-3-4-13)20(25)23(14-5-6-14)15-7-8-28(26,27)11-15/h9-10,12-15H,3-8,11H2,1-2H3. The first-order valence-electron chi connectivity index (χ1n) is 10.3. The summed E-state index contributed by atoms with van der Waals surface area (Å²) in [5.41, 5.74) is 2.36. The molecule has 2 saturated carbocycles. The Morgan fingerprint density at radius 1 is 1.18 bits per heavy atom. The average Bonchev–Trinajstić information content (AvgIpc) is 3.56. The first-order chi connectivity index (χ1) is 13.3. The van der Waals surface area contributed by atoms with E-state index in [4.69, 9.17) is 4.98 Å². The van der Waals surface area contributed by atoms with Crippen molar-refractivity contribution in [3.63, 3.8) is 0 Å². The van der Waals surface area contributed by atoms with Crippen LogP contribution in [0.1, 0.15) is 74.0 Å².